The number of benzene rings is 2. The minimum Gasteiger partial charge on any atom is -0.493 e. The van der Waals surface area contributed by atoms with Gasteiger partial charge >= 0.3 is 0 Å². The molecule has 26 heavy (non-hydrogen) atoms. The highest BCUT2D eigenvalue weighted by atomic mass is 19.1. The van der Waals surface area contributed by atoms with Gasteiger partial charge in [0.25, 0.3) is 5.91 Å². The van der Waals surface area contributed by atoms with Crippen molar-refractivity contribution in [2.45, 2.75) is 12.8 Å². The molecule has 3 aromatic rings. The number of piperidine rings is 1. The number of halogens is 1. The van der Waals surface area contributed by atoms with Crippen LogP contribution in [0.15, 0.2) is 47.1 Å². The first kappa shape index (κ1) is 16.5. The summed E-state index contributed by atoms with van der Waals surface area (Å²) in [5, 5.41) is 7.54. The Bertz CT molecular complexity index is 910. The molecule has 0 N–H and O–H groups in total. The Hall–Kier alpha value is -2.96. The third-order valence-electron chi connectivity index (χ3n) is 4.61. The number of nitrogens with zero attached hydrogens (tertiary/aromatic N) is 3. The van der Waals surface area contributed by atoms with Crippen molar-refractivity contribution >= 4 is 16.9 Å². The van der Waals surface area contributed by atoms with Crippen LogP contribution < -0.4 is 4.74 Å². The number of ether oxygens (including phenoxy) is 1. The number of aromatic nitrogens is 2. The van der Waals surface area contributed by atoms with Crippen molar-refractivity contribution in [1.82, 2.24) is 15.2 Å². The molecule has 4 rings (SSSR count). The van der Waals surface area contributed by atoms with E-state index in [0.717, 1.165) is 19.4 Å². The van der Waals surface area contributed by atoms with Crippen LogP contribution in [0.2, 0.25) is 0 Å². The van der Waals surface area contributed by atoms with Gasteiger partial charge in [-0.05, 0) is 65.6 Å². The van der Waals surface area contributed by atoms with Crippen molar-refractivity contribution in [3.8, 4) is 5.75 Å². The zero-order chi connectivity index (χ0) is 17.9. The van der Waals surface area contributed by atoms with E-state index in [2.05, 4.69) is 14.9 Å². The van der Waals surface area contributed by atoms with Crippen LogP contribution in [0.3, 0.4) is 0 Å². The molecular formula is C19H18FN3O3. The first-order valence-electron chi connectivity index (χ1n) is 8.59. The van der Waals surface area contributed by atoms with Crippen molar-refractivity contribution in [1.29, 1.82) is 0 Å². The fourth-order valence-corrected chi connectivity index (χ4v) is 3.23. The Morgan fingerprint density at radius 3 is 2.85 bits per heavy atom. The molecule has 1 fully saturated rings. The van der Waals surface area contributed by atoms with Crippen molar-refractivity contribution in [3.05, 3.63) is 53.8 Å². The summed E-state index contributed by atoms with van der Waals surface area (Å²) in [6, 6.07) is 11.2. The lowest BCUT2D eigenvalue weighted by Crippen LogP contribution is -2.41. The Morgan fingerprint density at radius 2 is 2.00 bits per heavy atom. The standard InChI is InChI=1S/C19H18FN3O3/c20-15-4-6-16(7-5-15)25-12-13-2-1-9-23(11-13)19(24)14-3-8-17-18(10-14)22-26-21-17/h3-8,10,13H,1-2,9,11-12H2. The molecule has 2 aromatic carbocycles. The molecule has 1 unspecified atom stereocenters. The number of hydrogen-bond acceptors (Lipinski definition) is 5. The molecule has 0 radical (unpaired) electrons. The summed E-state index contributed by atoms with van der Waals surface area (Å²) in [6.07, 6.45) is 1.92. The topological polar surface area (TPSA) is 68.5 Å². The fraction of sp³-hybridized carbons (Fsp3) is 0.316. The highest BCUT2D eigenvalue weighted by Gasteiger charge is 2.25. The molecule has 0 aliphatic carbocycles. The Kier molecular flexibility index (Phi) is 4.51. The zero-order valence-electron chi connectivity index (χ0n) is 14.1. The average Bonchev–Trinajstić information content (AvgIpc) is 3.15. The summed E-state index contributed by atoms with van der Waals surface area (Å²) in [5.41, 5.74) is 1.78. The Morgan fingerprint density at radius 1 is 1.19 bits per heavy atom. The number of hydrogen-bond donors (Lipinski definition) is 0. The molecule has 1 aromatic heterocycles. The van der Waals surface area contributed by atoms with Gasteiger partial charge in [-0.3, -0.25) is 4.79 Å². The summed E-state index contributed by atoms with van der Waals surface area (Å²) in [5.74, 6) is 0.571. The number of carbonyl (C=O) groups is 1. The summed E-state index contributed by atoms with van der Waals surface area (Å²) < 4.78 is 23.4. The van der Waals surface area contributed by atoms with E-state index in [1.165, 1.54) is 12.1 Å². The fourth-order valence-electron chi connectivity index (χ4n) is 3.23. The van der Waals surface area contributed by atoms with Crippen LogP contribution in [-0.2, 0) is 0 Å². The second-order valence-corrected chi connectivity index (χ2v) is 6.49. The van der Waals surface area contributed by atoms with E-state index in [0.29, 0.717) is 35.5 Å². The maximum atomic E-state index is 12.9. The predicted molar refractivity (Wildman–Crippen MR) is 92.3 cm³/mol. The number of carbonyl (C=O) groups excluding carboxylic acids is 1. The van der Waals surface area contributed by atoms with Crippen LogP contribution in [-0.4, -0.2) is 40.8 Å². The molecule has 0 saturated carbocycles. The summed E-state index contributed by atoms with van der Waals surface area (Å²) in [4.78, 5) is 14.6. The minimum atomic E-state index is -0.286. The quantitative estimate of drug-likeness (QED) is 0.718. The van der Waals surface area contributed by atoms with Gasteiger partial charge in [0.15, 0.2) is 0 Å². The highest BCUT2D eigenvalue weighted by molar-refractivity contribution is 5.97. The highest BCUT2D eigenvalue weighted by Crippen LogP contribution is 2.21. The lowest BCUT2D eigenvalue weighted by atomic mass is 9.98. The molecule has 1 saturated heterocycles. The van der Waals surface area contributed by atoms with Gasteiger partial charge in [0.05, 0.1) is 6.61 Å². The smallest absolute Gasteiger partial charge is 0.253 e. The van der Waals surface area contributed by atoms with Crippen LogP contribution in [0.5, 0.6) is 5.75 Å². The van der Waals surface area contributed by atoms with Crippen molar-refractivity contribution in [3.63, 3.8) is 0 Å². The zero-order valence-corrected chi connectivity index (χ0v) is 14.1. The van der Waals surface area contributed by atoms with E-state index in [4.69, 9.17) is 4.74 Å². The summed E-state index contributed by atoms with van der Waals surface area (Å²) >= 11 is 0. The molecule has 1 amide bonds. The third kappa shape index (κ3) is 3.51. The van der Waals surface area contributed by atoms with Crippen molar-refractivity contribution in [2.24, 2.45) is 5.92 Å². The van der Waals surface area contributed by atoms with Crippen molar-refractivity contribution < 1.29 is 18.6 Å². The molecule has 0 spiro atoms. The maximum Gasteiger partial charge on any atom is 0.253 e. The van der Waals surface area contributed by atoms with E-state index in [9.17, 15) is 9.18 Å². The van der Waals surface area contributed by atoms with Crippen LogP contribution in [0, 0.1) is 11.7 Å². The second kappa shape index (κ2) is 7.11. The van der Waals surface area contributed by atoms with E-state index < -0.39 is 0 Å². The number of fused-ring (bicyclic) bond motifs is 1. The van der Waals surface area contributed by atoms with Crippen LogP contribution in [0.4, 0.5) is 4.39 Å². The summed E-state index contributed by atoms with van der Waals surface area (Å²) in [7, 11) is 0. The van der Waals surface area contributed by atoms with Gasteiger partial charge < -0.3 is 9.64 Å². The third-order valence-corrected chi connectivity index (χ3v) is 4.61. The minimum absolute atomic E-state index is 0.0265. The molecule has 0 bridgehead atoms. The first-order chi connectivity index (χ1) is 12.7. The Balaban J connectivity index is 1.39. The molecule has 7 heteroatoms. The van der Waals surface area contributed by atoms with Crippen LogP contribution in [0.25, 0.3) is 11.0 Å². The SMILES string of the molecule is O=C(c1ccc2nonc2c1)N1CCCC(COc2ccc(F)cc2)C1. The van der Waals surface area contributed by atoms with Gasteiger partial charge in [0, 0.05) is 24.6 Å². The maximum absolute atomic E-state index is 12.9. The van der Waals surface area contributed by atoms with Crippen LogP contribution >= 0.6 is 0 Å². The summed E-state index contributed by atoms with van der Waals surface area (Å²) in [6.45, 7) is 1.86. The number of amides is 1. The van der Waals surface area contributed by atoms with Gasteiger partial charge in [-0.1, -0.05) is 0 Å². The van der Waals surface area contributed by atoms with E-state index in [1.807, 2.05) is 4.90 Å². The first-order valence-corrected chi connectivity index (χ1v) is 8.59. The molecule has 134 valence electrons. The van der Waals surface area contributed by atoms with Gasteiger partial charge in [-0.2, -0.15) is 0 Å². The lowest BCUT2D eigenvalue weighted by Gasteiger charge is -2.32. The van der Waals surface area contributed by atoms with Gasteiger partial charge in [0.2, 0.25) is 0 Å². The second-order valence-electron chi connectivity index (χ2n) is 6.49. The Labute approximate surface area is 149 Å². The monoisotopic (exact) mass is 355 g/mol. The predicted octanol–water partition coefficient (Wildman–Crippen LogP) is 3.29. The average molecular weight is 355 g/mol. The van der Waals surface area contributed by atoms with Gasteiger partial charge in [0.1, 0.15) is 22.6 Å². The van der Waals surface area contributed by atoms with Gasteiger partial charge in [-0.15, -0.1) is 0 Å². The van der Waals surface area contributed by atoms with E-state index in [1.54, 1.807) is 30.3 Å². The molecule has 1 aliphatic rings. The largest absolute Gasteiger partial charge is 0.493 e. The molecule has 1 aliphatic heterocycles. The van der Waals surface area contributed by atoms with Gasteiger partial charge in [-0.25, -0.2) is 9.02 Å². The van der Waals surface area contributed by atoms with E-state index >= 15 is 0 Å². The number of likely N-dealkylation sites (tertiary alicyclic amines) is 1. The van der Waals surface area contributed by atoms with E-state index in [-0.39, 0.29) is 17.6 Å². The molecule has 6 nitrogen and oxygen atoms in total. The molecule has 2 heterocycles. The van der Waals surface area contributed by atoms with Crippen LogP contribution in [0.1, 0.15) is 23.2 Å². The number of rotatable bonds is 4. The van der Waals surface area contributed by atoms with Crippen molar-refractivity contribution in [2.75, 3.05) is 19.7 Å². The lowest BCUT2D eigenvalue weighted by molar-refractivity contribution is 0.0633. The molecule has 1 atom stereocenters. The normalized spacial score (nSPS) is 17.4. The molecular weight excluding hydrogens is 337 g/mol.